The van der Waals surface area contributed by atoms with Gasteiger partial charge in [-0.05, 0) is 36.1 Å². The first-order valence-electron chi connectivity index (χ1n) is 9.35. The number of halogens is 4. The topological polar surface area (TPSA) is 68.5 Å². The molecule has 1 aliphatic rings. The van der Waals surface area contributed by atoms with Crippen LogP contribution in [-0.4, -0.2) is 28.2 Å². The van der Waals surface area contributed by atoms with Crippen LogP contribution in [0.4, 0.5) is 13.2 Å². The number of benzene rings is 2. The molecule has 4 rings (SSSR count). The molecule has 1 fully saturated rings. The Balaban J connectivity index is 1.49. The van der Waals surface area contributed by atoms with Crippen LogP contribution < -0.4 is 0 Å². The number of aromatic nitrogens is 2. The first-order valence-corrected chi connectivity index (χ1v) is 9.73. The number of hydroxylamine groups is 2. The lowest BCUT2D eigenvalue weighted by Crippen LogP contribution is -2.38. The van der Waals surface area contributed by atoms with Gasteiger partial charge in [-0.15, -0.1) is 0 Å². The van der Waals surface area contributed by atoms with E-state index in [2.05, 4.69) is 14.7 Å². The molecule has 0 N–H and O–H groups in total. The Morgan fingerprint density at radius 1 is 1.23 bits per heavy atom. The Kier molecular flexibility index (Phi) is 5.49. The van der Waals surface area contributed by atoms with Gasteiger partial charge in [-0.25, -0.2) is 5.06 Å². The first-order chi connectivity index (χ1) is 14.7. The summed E-state index contributed by atoms with van der Waals surface area (Å²) in [6.07, 6.45) is -3.30. The van der Waals surface area contributed by atoms with Crippen molar-refractivity contribution in [2.24, 2.45) is 0 Å². The minimum Gasteiger partial charge on any atom is -0.329 e. The Morgan fingerprint density at radius 3 is 2.48 bits per heavy atom. The Morgan fingerprint density at radius 2 is 1.94 bits per heavy atom. The predicted octanol–water partition coefficient (Wildman–Crippen LogP) is 5.03. The van der Waals surface area contributed by atoms with E-state index in [1.165, 1.54) is 12.2 Å². The maximum atomic E-state index is 13.2. The van der Waals surface area contributed by atoms with Crippen LogP contribution in [0.3, 0.4) is 0 Å². The molecule has 10 heteroatoms. The second-order valence-electron chi connectivity index (χ2n) is 7.23. The number of amides is 1. The summed E-state index contributed by atoms with van der Waals surface area (Å²) in [5, 5.41) is 5.20. The molecule has 0 spiro atoms. The molecule has 0 unspecified atom stereocenters. The Bertz CT molecular complexity index is 1090. The van der Waals surface area contributed by atoms with Crippen molar-refractivity contribution in [2.75, 3.05) is 7.11 Å². The molecule has 1 saturated carbocycles. The lowest BCUT2D eigenvalue weighted by Gasteiger charge is -2.25. The largest absolute Gasteiger partial charge is 0.471 e. The average Bonchev–Trinajstić information content (AvgIpc) is 3.40. The van der Waals surface area contributed by atoms with Gasteiger partial charge in [-0.1, -0.05) is 53.2 Å². The van der Waals surface area contributed by atoms with E-state index in [1.807, 2.05) is 12.1 Å². The number of alkyl halides is 3. The molecule has 3 aromatic rings. The van der Waals surface area contributed by atoms with Crippen LogP contribution >= 0.6 is 11.6 Å². The second-order valence-corrected chi connectivity index (χ2v) is 7.67. The summed E-state index contributed by atoms with van der Waals surface area (Å²) in [5.41, 5.74) is 1.27. The molecule has 2 aromatic carbocycles. The molecule has 0 atom stereocenters. The van der Waals surface area contributed by atoms with Gasteiger partial charge in [0.05, 0.1) is 19.1 Å². The fourth-order valence-corrected chi connectivity index (χ4v) is 3.57. The summed E-state index contributed by atoms with van der Waals surface area (Å²) in [6, 6.07) is 13.7. The minimum absolute atomic E-state index is 0.165. The summed E-state index contributed by atoms with van der Waals surface area (Å²) in [7, 11) is 1.41. The number of carbonyl (C=O) groups excluding carboxylic acids is 1. The summed E-state index contributed by atoms with van der Waals surface area (Å²) in [6.45, 7) is 0.165. The molecular formula is C21H17ClF3N3O3. The molecule has 1 aromatic heterocycles. The molecular weight excluding hydrogens is 435 g/mol. The van der Waals surface area contributed by atoms with E-state index in [9.17, 15) is 18.0 Å². The zero-order chi connectivity index (χ0) is 22.2. The third-order valence-corrected chi connectivity index (χ3v) is 5.43. The highest BCUT2D eigenvalue weighted by Gasteiger charge is 2.53. The van der Waals surface area contributed by atoms with Gasteiger partial charge in [-0.3, -0.25) is 9.63 Å². The van der Waals surface area contributed by atoms with Crippen LogP contribution in [0.2, 0.25) is 5.02 Å². The van der Waals surface area contributed by atoms with Gasteiger partial charge in [0.2, 0.25) is 5.82 Å². The van der Waals surface area contributed by atoms with Crippen molar-refractivity contribution in [3.05, 3.63) is 70.6 Å². The minimum atomic E-state index is -4.70. The van der Waals surface area contributed by atoms with Crippen molar-refractivity contribution >= 4 is 17.5 Å². The molecule has 162 valence electrons. The average molecular weight is 452 g/mol. The monoisotopic (exact) mass is 451 g/mol. The third-order valence-electron chi connectivity index (χ3n) is 5.19. The maximum absolute atomic E-state index is 13.2. The van der Waals surface area contributed by atoms with E-state index in [0.29, 0.717) is 23.4 Å². The van der Waals surface area contributed by atoms with E-state index in [0.717, 1.165) is 11.1 Å². The van der Waals surface area contributed by atoms with E-state index < -0.39 is 17.5 Å². The number of hydrogen-bond acceptors (Lipinski definition) is 5. The van der Waals surface area contributed by atoms with Gasteiger partial charge >= 0.3 is 12.1 Å². The van der Waals surface area contributed by atoms with E-state index in [-0.39, 0.29) is 18.3 Å². The lowest BCUT2D eigenvalue weighted by atomic mass is 9.94. The maximum Gasteiger partial charge on any atom is 0.471 e. The molecule has 0 saturated heterocycles. The van der Waals surface area contributed by atoms with Gasteiger partial charge in [-0.2, -0.15) is 18.2 Å². The van der Waals surface area contributed by atoms with Crippen LogP contribution in [0.1, 0.15) is 29.9 Å². The van der Waals surface area contributed by atoms with Gasteiger partial charge < -0.3 is 4.52 Å². The van der Waals surface area contributed by atoms with Gasteiger partial charge in [0, 0.05) is 10.6 Å². The molecule has 1 heterocycles. The third kappa shape index (κ3) is 4.28. The number of rotatable bonds is 6. The highest BCUT2D eigenvalue weighted by atomic mass is 35.5. The van der Waals surface area contributed by atoms with Crippen LogP contribution in [0.5, 0.6) is 0 Å². The van der Waals surface area contributed by atoms with Crippen molar-refractivity contribution in [2.45, 2.75) is 31.0 Å². The fourth-order valence-electron chi connectivity index (χ4n) is 3.38. The van der Waals surface area contributed by atoms with E-state index in [4.69, 9.17) is 16.4 Å². The zero-order valence-corrected chi connectivity index (χ0v) is 17.1. The summed E-state index contributed by atoms with van der Waals surface area (Å²) in [5.74, 6) is -1.75. The van der Waals surface area contributed by atoms with Gasteiger partial charge in [0.15, 0.2) is 0 Å². The summed E-state index contributed by atoms with van der Waals surface area (Å²) >= 11 is 6.08. The highest BCUT2D eigenvalue weighted by molar-refractivity contribution is 6.30. The summed E-state index contributed by atoms with van der Waals surface area (Å²) in [4.78, 5) is 21.9. The summed E-state index contributed by atoms with van der Waals surface area (Å²) < 4.78 is 42.1. The van der Waals surface area contributed by atoms with Crippen molar-refractivity contribution in [1.29, 1.82) is 0 Å². The predicted molar refractivity (Wildman–Crippen MR) is 105 cm³/mol. The Hall–Kier alpha value is -2.91. The SMILES string of the molecule is CON(Cc1ccc(-c2noc(C(F)(F)F)n2)cc1)C(=O)C1(c2cccc(Cl)c2)CC1. The first kappa shape index (κ1) is 21.3. The molecule has 0 aliphatic heterocycles. The van der Waals surface area contributed by atoms with Crippen LogP contribution in [0.25, 0.3) is 11.4 Å². The molecule has 0 bridgehead atoms. The zero-order valence-electron chi connectivity index (χ0n) is 16.3. The van der Waals surface area contributed by atoms with Crippen molar-refractivity contribution in [1.82, 2.24) is 15.2 Å². The Labute approximate surface area is 180 Å². The van der Waals surface area contributed by atoms with Crippen LogP contribution in [0.15, 0.2) is 53.1 Å². The molecule has 6 nitrogen and oxygen atoms in total. The van der Waals surface area contributed by atoms with E-state index in [1.54, 1.807) is 36.4 Å². The van der Waals surface area contributed by atoms with Crippen molar-refractivity contribution in [3.8, 4) is 11.4 Å². The van der Waals surface area contributed by atoms with Crippen molar-refractivity contribution in [3.63, 3.8) is 0 Å². The lowest BCUT2D eigenvalue weighted by molar-refractivity contribution is -0.182. The number of carbonyl (C=O) groups is 1. The van der Waals surface area contributed by atoms with Gasteiger partial charge in [0.1, 0.15) is 0 Å². The smallest absolute Gasteiger partial charge is 0.329 e. The highest BCUT2D eigenvalue weighted by Crippen LogP contribution is 2.50. The number of nitrogens with zero attached hydrogens (tertiary/aromatic N) is 3. The molecule has 1 aliphatic carbocycles. The molecule has 1 amide bonds. The molecule has 31 heavy (non-hydrogen) atoms. The van der Waals surface area contributed by atoms with Crippen LogP contribution in [-0.2, 0) is 27.8 Å². The fraction of sp³-hybridized carbons (Fsp3) is 0.286. The standard InChI is InChI=1S/C21H17ClF3N3O3/c1-30-28(19(29)20(9-10-20)15-3-2-4-16(22)11-15)12-13-5-7-14(8-6-13)17-26-18(31-27-17)21(23,24)25/h2-8,11H,9-10,12H2,1H3. The van der Waals surface area contributed by atoms with Crippen LogP contribution in [0, 0.1) is 0 Å². The second kappa shape index (κ2) is 7.97. The number of hydrogen-bond donors (Lipinski definition) is 0. The van der Waals surface area contributed by atoms with Crippen molar-refractivity contribution < 1.29 is 27.3 Å². The van der Waals surface area contributed by atoms with E-state index >= 15 is 0 Å². The van der Waals surface area contributed by atoms with Gasteiger partial charge in [0.25, 0.3) is 5.91 Å². The normalized spacial score (nSPS) is 15.0. The quantitative estimate of drug-likeness (QED) is 0.492. The molecule has 0 radical (unpaired) electrons.